The second-order valence-electron chi connectivity index (χ2n) is 4.97. The Morgan fingerprint density at radius 3 is 2.64 bits per heavy atom. The highest BCUT2D eigenvalue weighted by atomic mass is 16.6. The van der Waals surface area contributed by atoms with Crippen molar-refractivity contribution in [2.24, 2.45) is 0 Å². The standard InChI is InChI=1S/C17H19N3O5/c1-3-25-16-7-5-4-6-14(16)18-11-17(21)19-13-9-8-12(24-2)10-15(13)20(22)23/h4-10,18H,3,11H2,1-2H3,(H,19,21). The van der Waals surface area contributed by atoms with Crippen LogP contribution in [0.3, 0.4) is 0 Å². The zero-order valence-electron chi connectivity index (χ0n) is 13.9. The maximum Gasteiger partial charge on any atom is 0.296 e. The lowest BCUT2D eigenvalue weighted by molar-refractivity contribution is -0.384. The number of hydrogen-bond acceptors (Lipinski definition) is 6. The molecule has 2 rings (SSSR count). The molecule has 8 heteroatoms. The Bertz CT molecular complexity index is 764. The molecule has 0 spiro atoms. The van der Waals surface area contributed by atoms with Gasteiger partial charge in [0.25, 0.3) is 5.69 Å². The van der Waals surface area contributed by atoms with Crippen LogP contribution in [0.4, 0.5) is 17.1 Å². The smallest absolute Gasteiger partial charge is 0.296 e. The number of carbonyl (C=O) groups is 1. The number of hydrogen-bond donors (Lipinski definition) is 2. The van der Waals surface area contributed by atoms with Gasteiger partial charge in [0, 0.05) is 0 Å². The first-order chi connectivity index (χ1) is 12.0. The van der Waals surface area contributed by atoms with Crippen LogP contribution >= 0.6 is 0 Å². The molecule has 2 aromatic carbocycles. The second-order valence-corrected chi connectivity index (χ2v) is 4.97. The summed E-state index contributed by atoms with van der Waals surface area (Å²) in [5.74, 6) is 0.557. The summed E-state index contributed by atoms with van der Waals surface area (Å²) in [5.41, 5.74) is 0.543. The van der Waals surface area contributed by atoms with Crippen molar-refractivity contribution in [1.29, 1.82) is 0 Å². The van der Waals surface area contributed by atoms with Crippen LogP contribution in [0.1, 0.15) is 6.92 Å². The number of para-hydroxylation sites is 2. The zero-order chi connectivity index (χ0) is 18.2. The first kappa shape index (κ1) is 18.1. The van der Waals surface area contributed by atoms with Gasteiger partial charge in [-0.05, 0) is 31.2 Å². The minimum absolute atomic E-state index is 0.0622. The third kappa shape index (κ3) is 4.84. The van der Waals surface area contributed by atoms with Crippen molar-refractivity contribution in [1.82, 2.24) is 0 Å². The summed E-state index contributed by atoms with van der Waals surface area (Å²) < 4.78 is 10.4. The molecule has 0 saturated heterocycles. The molecule has 0 unspecified atom stereocenters. The molecule has 132 valence electrons. The van der Waals surface area contributed by atoms with E-state index < -0.39 is 10.8 Å². The highest BCUT2D eigenvalue weighted by Gasteiger charge is 2.17. The third-order valence-corrected chi connectivity index (χ3v) is 3.30. The van der Waals surface area contributed by atoms with Crippen LogP contribution in [-0.4, -0.2) is 31.1 Å². The molecule has 2 aromatic rings. The Morgan fingerprint density at radius 1 is 1.20 bits per heavy atom. The van der Waals surface area contributed by atoms with Gasteiger partial charge < -0.3 is 20.1 Å². The molecule has 0 heterocycles. The average molecular weight is 345 g/mol. The summed E-state index contributed by atoms with van der Waals surface area (Å²) in [5, 5.41) is 16.6. The Kier molecular flexibility index (Phi) is 6.16. The quantitative estimate of drug-likeness (QED) is 0.563. The number of nitro groups is 1. The molecule has 0 aromatic heterocycles. The van der Waals surface area contributed by atoms with Gasteiger partial charge in [0.15, 0.2) is 0 Å². The molecular formula is C17H19N3O5. The predicted molar refractivity (Wildman–Crippen MR) is 94.4 cm³/mol. The van der Waals surface area contributed by atoms with Crippen LogP contribution in [0.5, 0.6) is 11.5 Å². The van der Waals surface area contributed by atoms with Crippen molar-refractivity contribution in [3.63, 3.8) is 0 Å². The number of ether oxygens (including phenoxy) is 2. The number of anilines is 2. The summed E-state index contributed by atoms with van der Waals surface area (Å²) >= 11 is 0. The van der Waals surface area contributed by atoms with E-state index in [2.05, 4.69) is 10.6 Å². The Hall–Kier alpha value is -3.29. The van der Waals surface area contributed by atoms with Gasteiger partial charge in [-0.2, -0.15) is 0 Å². The lowest BCUT2D eigenvalue weighted by Crippen LogP contribution is -2.22. The van der Waals surface area contributed by atoms with Crippen molar-refractivity contribution >= 4 is 23.0 Å². The number of nitrogens with one attached hydrogen (secondary N) is 2. The van der Waals surface area contributed by atoms with Gasteiger partial charge in [0.2, 0.25) is 5.91 Å². The molecule has 0 bridgehead atoms. The van der Waals surface area contributed by atoms with Crippen LogP contribution in [0.2, 0.25) is 0 Å². The molecule has 0 saturated carbocycles. The number of amides is 1. The van der Waals surface area contributed by atoms with Gasteiger partial charge in [0.05, 0.1) is 36.9 Å². The molecule has 0 radical (unpaired) electrons. The Labute approximate surface area is 144 Å². The Balaban J connectivity index is 2.05. The topological polar surface area (TPSA) is 103 Å². The van der Waals surface area contributed by atoms with E-state index in [1.807, 2.05) is 19.1 Å². The summed E-state index contributed by atoms with van der Waals surface area (Å²) in [6.45, 7) is 2.31. The largest absolute Gasteiger partial charge is 0.496 e. The van der Waals surface area contributed by atoms with Crippen molar-refractivity contribution in [2.45, 2.75) is 6.92 Å². The summed E-state index contributed by atoms with van der Waals surface area (Å²) in [4.78, 5) is 22.7. The van der Waals surface area contributed by atoms with Crippen molar-refractivity contribution in [3.8, 4) is 11.5 Å². The van der Waals surface area contributed by atoms with Gasteiger partial charge in [-0.25, -0.2) is 0 Å². The van der Waals surface area contributed by atoms with E-state index in [-0.39, 0.29) is 17.9 Å². The number of rotatable bonds is 8. The van der Waals surface area contributed by atoms with Gasteiger partial charge in [-0.15, -0.1) is 0 Å². The van der Waals surface area contributed by atoms with Gasteiger partial charge >= 0.3 is 0 Å². The van der Waals surface area contributed by atoms with Crippen LogP contribution in [0.25, 0.3) is 0 Å². The monoisotopic (exact) mass is 345 g/mol. The highest BCUT2D eigenvalue weighted by molar-refractivity contribution is 5.96. The van der Waals surface area contributed by atoms with Crippen LogP contribution < -0.4 is 20.1 Å². The molecule has 2 N–H and O–H groups in total. The second kappa shape index (κ2) is 8.53. The predicted octanol–water partition coefficient (Wildman–Crippen LogP) is 3.05. The SMILES string of the molecule is CCOc1ccccc1NCC(=O)Nc1ccc(OC)cc1[N+](=O)[O-]. The number of benzene rings is 2. The molecule has 0 aliphatic carbocycles. The van der Waals surface area contributed by atoms with E-state index in [4.69, 9.17) is 9.47 Å². The number of carbonyl (C=O) groups excluding carboxylic acids is 1. The van der Waals surface area contributed by atoms with Crippen LogP contribution in [0.15, 0.2) is 42.5 Å². The van der Waals surface area contributed by atoms with E-state index in [1.165, 1.54) is 19.2 Å². The number of nitro benzene ring substituents is 1. The highest BCUT2D eigenvalue weighted by Crippen LogP contribution is 2.29. The van der Waals surface area contributed by atoms with Crippen molar-refractivity contribution in [3.05, 3.63) is 52.6 Å². The van der Waals surface area contributed by atoms with Gasteiger partial charge in [-0.1, -0.05) is 12.1 Å². The molecule has 8 nitrogen and oxygen atoms in total. The minimum Gasteiger partial charge on any atom is -0.496 e. The van der Waals surface area contributed by atoms with E-state index in [0.29, 0.717) is 23.8 Å². The molecule has 1 amide bonds. The fourth-order valence-corrected chi connectivity index (χ4v) is 2.16. The summed E-state index contributed by atoms with van der Waals surface area (Å²) in [6, 6.07) is 11.5. The minimum atomic E-state index is -0.573. The Morgan fingerprint density at radius 2 is 1.96 bits per heavy atom. The fraction of sp³-hybridized carbons (Fsp3) is 0.235. The van der Waals surface area contributed by atoms with E-state index >= 15 is 0 Å². The fourth-order valence-electron chi connectivity index (χ4n) is 2.16. The van der Waals surface area contributed by atoms with Crippen LogP contribution in [-0.2, 0) is 4.79 Å². The first-order valence-corrected chi connectivity index (χ1v) is 7.63. The summed E-state index contributed by atoms with van der Waals surface area (Å²) in [6.07, 6.45) is 0. The molecule has 0 aliphatic rings. The lowest BCUT2D eigenvalue weighted by atomic mass is 10.2. The number of nitrogens with zero attached hydrogens (tertiary/aromatic N) is 1. The zero-order valence-corrected chi connectivity index (χ0v) is 13.9. The molecule has 0 atom stereocenters. The first-order valence-electron chi connectivity index (χ1n) is 7.63. The molecule has 25 heavy (non-hydrogen) atoms. The van der Waals surface area contributed by atoms with E-state index in [9.17, 15) is 14.9 Å². The van der Waals surface area contributed by atoms with Gasteiger partial charge in [-0.3, -0.25) is 14.9 Å². The summed E-state index contributed by atoms with van der Waals surface area (Å²) in [7, 11) is 1.41. The van der Waals surface area contributed by atoms with E-state index in [0.717, 1.165) is 0 Å². The maximum absolute atomic E-state index is 12.1. The molecular weight excluding hydrogens is 326 g/mol. The normalized spacial score (nSPS) is 10.0. The molecule has 0 fully saturated rings. The number of methoxy groups -OCH3 is 1. The van der Waals surface area contributed by atoms with Gasteiger partial charge in [0.1, 0.15) is 17.2 Å². The van der Waals surface area contributed by atoms with E-state index in [1.54, 1.807) is 18.2 Å². The third-order valence-electron chi connectivity index (χ3n) is 3.30. The van der Waals surface area contributed by atoms with Crippen LogP contribution in [0, 0.1) is 10.1 Å². The maximum atomic E-state index is 12.1. The lowest BCUT2D eigenvalue weighted by Gasteiger charge is -2.12. The molecule has 0 aliphatic heterocycles. The van der Waals surface area contributed by atoms with Crippen molar-refractivity contribution in [2.75, 3.05) is 30.9 Å². The average Bonchev–Trinajstić information content (AvgIpc) is 2.61. The van der Waals surface area contributed by atoms with Crippen molar-refractivity contribution < 1.29 is 19.2 Å².